The second-order valence-electron chi connectivity index (χ2n) is 1.78. The molecular formula is C7H5Cl2FO. The predicted octanol–water partition coefficient (Wildman–Crippen LogP) is 2.63. The van der Waals surface area contributed by atoms with Crippen molar-refractivity contribution in [3.63, 3.8) is 0 Å². The van der Waals surface area contributed by atoms with Crippen LogP contribution in [0.4, 0.5) is 4.39 Å². The third-order valence-electron chi connectivity index (χ3n) is 1.07. The van der Waals surface area contributed by atoms with Crippen LogP contribution >= 0.6 is 24.0 Å². The van der Waals surface area contributed by atoms with Crippen molar-refractivity contribution in [2.24, 2.45) is 0 Å². The van der Waals surface area contributed by atoms with Gasteiger partial charge >= 0.3 is 0 Å². The van der Waals surface area contributed by atoms with Gasteiger partial charge in [-0.15, -0.1) is 12.4 Å². The average molecular weight is 195 g/mol. The second kappa shape index (κ2) is 4.31. The lowest BCUT2D eigenvalue weighted by Crippen LogP contribution is -1.87. The fourth-order valence-electron chi connectivity index (χ4n) is 0.581. The van der Waals surface area contributed by atoms with Crippen molar-refractivity contribution >= 4 is 29.3 Å². The summed E-state index contributed by atoms with van der Waals surface area (Å²) in [6, 6.07) is 5.06. The lowest BCUT2D eigenvalue weighted by Gasteiger charge is -1.90. The van der Waals surface area contributed by atoms with E-state index in [9.17, 15) is 9.18 Å². The van der Waals surface area contributed by atoms with Gasteiger partial charge in [0.15, 0.2) is 0 Å². The van der Waals surface area contributed by atoms with E-state index in [-0.39, 0.29) is 18.2 Å². The van der Waals surface area contributed by atoms with Crippen molar-refractivity contribution in [3.8, 4) is 0 Å². The molecule has 0 N–H and O–H groups in total. The fourth-order valence-corrected chi connectivity index (χ4v) is 0.707. The topological polar surface area (TPSA) is 17.1 Å². The number of rotatable bonds is 1. The quantitative estimate of drug-likeness (QED) is 0.629. The molecule has 0 aliphatic rings. The van der Waals surface area contributed by atoms with E-state index in [4.69, 9.17) is 11.6 Å². The maximum atomic E-state index is 12.2. The lowest BCUT2D eigenvalue weighted by atomic mass is 10.2. The van der Waals surface area contributed by atoms with E-state index in [2.05, 4.69) is 0 Å². The van der Waals surface area contributed by atoms with Gasteiger partial charge in [0.2, 0.25) is 0 Å². The van der Waals surface area contributed by atoms with Crippen LogP contribution in [0.5, 0.6) is 0 Å². The van der Waals surface area contributed by atoms with Gasteiger partial charge in [-0.2, -0.15) is 0 Å². The smallest absolute Gasteiger partial charge is 0.252 e. The Labute approximate surface area is 74.6 Å². The highest BCUT2D eigenvalue weighted by atomic mass is 35.5. The minimum absolute atomic E-state index is 0. The molecule has 0 aliphatic heterocycles. The summed E-state index contributed by atoms with van der Waals surface area (Å²) < 4.78 is 12.2. The molecule has 0 radical (unpaired) electrons. The molecule has 0 saturated heterocycles. The predicted molar refractivity (Wildman–Crippen MR) is 43.8 cm³/mol. The maximum Gasteiger partial charge on any atom is 0.252 e. The van der Waals surface area contributed by atoms with E-state index < -0.39 is 5.24 Å². The number of benzene rings is 1. The van der Waals surface area contributed by atoms with Gasteiger partial charge in [-0.05, 0) is 35.9 Å². The van der Waals surface area contributed by atoms with E-state index in [1.165, 1.54) is 24.3 Å². The average Bonchev–Trinajstić information content (AvgIpc) is 1.88. The van der Waals surface area contributed by atoms with Crippen molar-refractivity contribution < 1.29 is 9.18 Å². The highest BCUT2D eigenvalue weighted by molar-refractivity contribution is 6.67. The highest BCUT2D eigenvalue weighted by Gasteiger charge is 1.99. The van der Waals surface area contributed by atoms with E-state index in [0.717, 1.165) is 0 Å². The first kappa shape index (κ1) is 10.4. The fraction of sp³-hybridized carbons (Fsp3) is 0. The van der Waals surface area contributed by atoms with Crippen LogP contribution in [-0.4, -0.2) is 5.24 Å². The molecule has 0 bridgehead atoms. The van der Waals surface area contributed by atoms with Crippen LogP contribution in [-0.2, 0) is 0 Å². The Morgan fingerprint density at radius 3 is 2.09 bits per heavy atom. The van der Waals surface area contributed by atoms with Crippen molar-refractivity contribution in [1.82, 2.24) is 0 Å². The van der Waals surface area contributed by atoms with Crippen LogP contribution in [0.2, 0.25) is 0 Å². The van der Waals surface area contributed by atoms with Gasteiger partial charge in [-0.3, -0.25) is 4.79 Å². The first-order valence-electron chi connectivity index (χ1n) is 2.65. The molecule has 1 rings (SSSR count). The van der Waals surface area contributed by atoms with Crippen molar-refractivity contribution in [3.05, 3.63) is 35.6 Å². The molecule has 0 spiro atoms. The van der Waals surface area contributed by atoms with Gasteiger partial charge in [0.05, 0.1) is 0 Å². The number of halogens is 3. The Bertz CT molecular complexity index is 245. The Kier molecular flexibility index (Phi) is 4.08. The van der Waals surface area contributed by atoms with Crippen molar-refractivity contribution in [2.75, 3.05) is 0 Å². The molecule has 60 valence electrons. The Morgan fingerprint density at radius 2 is 1.73 bits per heavy atom. The standard InChI is InChI=1S/C7H4ClFO.ClH/c8-7(10)5-1-3-6(9)4-2-5;/h1-4H;1H. The summed E-state index contributed by atoms with van der Waals surface area (Å²) in [7, 11) is 0. The summed E-state index contributed by atoms with van der Waals surface area (Å²) >= 11 is 5.09. The van der Waals surface area contributed by atoms with E-state index in [0.29, 0.717) is 5.56 Å². The van der Waals surface area contributed by atoms with Crippen molar-refractivity contribution in [1.29, 1.82) is 0 Å². The molecule has 0 fully saturated rings. The summed E-state index contributed by atoms with van der Waals surface area (Å²) in [5, 5.41) is -0.569. The summed E-state index contributed by atoms with van der Waals surface area (Å²) in [4.78, 5) is 10.4. The molecular weight excluding hydrogens is 190 g/mol. The zero-order chi connectivity index (χ0) is 7.56. The van der Waals surface area contributed by atoms with Gasteiger partial charge in [0.1, 0.15) is 5.82 Å². The molecule has 0 amide bonds. The van der Waals surface area contributed by atoms with Gasteiger partial charge in [0.25, 0.3) is 5.24 Å². The molecule has 0 unspecified atom stereocenters. The van der Waals surface area contributed by atoms with Crippen LogP contribution in [0.3, 0.4) is 0 Å². The monoisotopic (exact) mass is 194 g/mol. The van der Waals surface area contributed by atoms with E-state index in [1.807, 2.05) is 0 Å². The molecule has 4 heteroatoms. The molecule has 0 atom stereocenters. The Balaban J connectivity index is 0.000001000. The van der Waals surface area contributed by atoms with Crippen LogP contribution < -0.4 is 0 Å². The molecule has 1 aromatic carbocycles. The van der Waals surface area contributed by atoms with E-state index >= 15 is 0 Å². The van der Waals surface area contributed by atoms with Crippen LogP contribution in [0.1, 0.15) is 10.4 Å². The van der Waals surface area contributed by atoms with Gasteiger partial charge in [-0.25, -0.2) is 4.39 Å². The van der Waals surface area contributed by atoms with Gasteiger partial charge in [0, 0.05) is 5.56 Å². The SMILES string of the molecule is Cl.O=C(Cl)c1ccc(F)cc1. The maximum absolute atomic E-state index is 12.2. The number of hydrogen-bond donors (Lipinski definition) is 0. The summed E-state index contributed by atoms with van der Waals surface area (Å²) in [6.45, 7) is 0. The summed E-state index contributed by atoms with van der Waals surface area (Å²) in [5.41, 5.74) is 0.308. The third kappa shape index (κ3) is 2.87. The number of carbonyl (C=O) groups excluding carboxylic acids is 1. The Hall–Kier alpha value is -0.600. The minimum Gasteiger partial charge on any atom is -0.276 e. The number of carbonyl (C=O) groups is 1. The molecule has 0 aliphatic carbocycles. The zero-order valence-electron chi connectivity index (χ0n) is 5.38. The highest BCUT2D eigenvalue weighted by Crippen LogP contribution is 2.04. The van der Waals surface area contributed by atoms with Crippen LogP contribution in [0.15, 0.2) is 24.3 Å². The summed E-state index contributed by atoms with van der Waals surface area (Å²) in [6.07, 6.45) is 0. The molecule has 11 heavy (non-hydrogen) atoms. The first-order chi connectivity index (χ1) is 4.70. The van der Waals surface area contributed by atoms with Crippen LogP contribution in [0.25, 0.3) is 0 Å². The third-order valence-corrected chi connectivity index (χ3v) is 1.29. The minimum atomic E-state index is -0.569. The molecule has 1 aromatic rings. The van der Waals surface area contributed by atoms with Gasteiger partial charge in [-0.1, -0.05) is 0 Å². The van der Waals surface area contributed by atoms with E-state index in [1.54, 1.807) is 0 Å². The molecule has 0 heterocycles. The van der Waals surface area contributed by atoms with Crippen molar-refractivity contribution in [2.45, 2.75) is 0 Å². The zero-order valence-corrected chi connectivity index (χ0v) is 6.95. The molecule has 0 aromatic heterocycles. The van der Waals surface area contributed by atoms with Gasteiger partial charge < -0.3 is 0 Å². The first-order valence-corrected chi connectivity index (χ1v) is 3.03. The largest absolute Gasteiger partial charge is 0.276 e. The number of hydrogen-bond acceptors (Lipinski definition) is 1. The normalized spacial score (nSPS) is 8.55. The lowest BCUT2D eigenvalue weighted by molar-refractivity contribution is 0.108. The Morgan fingerprint density at radius 1 is 1.27 bits per heavy atom. The summed E-state index contributed by atoms with van der Waals surface area (Å²) in [5.74, 6) is -0.373. The molecule has 1 nitrogen and oxygen atoms in total. The second-order valence-corrected chi connectivity index (χ2v) is 2.12. The van der Waals surface area contributed by atoms with Crippen LogP contribution in [0, 0.1) is 5.82 Å². The molecule has 0 saturated carbocycles.